The highest BCUT2D eigenvalue weighted by atomic mass is 15.3. The molecular formula is C16H20N4. The van der Waals surface area contributed by atoms with E-state index in [9.17, 15) is 0 Å². The molecule has 0 amide bonds. The Hall–Kier alpha value is -1.94. The van der Waals surface area contributed by atoms with E-state index in [0.717, 1.165) is 30.2 Å². The Balaban J connectivity index is 1.76. The molecule has 1 aliphatic rings. The van der Waals surface area contributed by atoms with Crippen molar-refractivity contribution in [3.63, 3.8) is 0 Å². The summed E-state index contributed by atoms with van der Waals surface area (Å²) in [6.45, 7) is 2.03. The smallest absolute Gasteiger partial charge is 0.225 e. The highest BCUT2D eigenvalue weighted by Gasteiger charge is 2.20. The minimum absolute atomic E-state index is 0.543. The van der Waals surface area contributed by atoms with Gasteiger partial charge >= 0.3 is 0 Å². The van der Waals surface area contributed by atoms with Crippen LogP contribution in [-0.4, -0.2) is 36.1 Å². The van der Waals surface area contributed by atoms with Gasteiger partial charge in [-0.3, -0.25) is 0 Å². The Bertz CT molecular complexity index is 538. The highest BCUT2D eigenvalue weighted by Crippen LogP contribution is 2.20. The molecule has 1 aromatic heterocycles. The Morgan fingerprint density at radius 1 is 1.10 bits per heavy atom. The topological polar surface area (TPSA) is 41.0 Å². The monoisotopic (exact) mass is 268 g/mol. The van der Waals surface area contributed by atoms with E-state index in [4.69, 9.17) is 0 Å². The zero-order valence-electron chi connectivity index (χ0n) is 11.8. The summed E-state index contributed by atoms with van der Waals surface area (Å²) in [6, 6.07) is 10.8. The number of likely N-dealkylation sites (N-methyl/N-ethyl adjacent to an activating group) is 1. The summed E-state index contributed by atoms with van der Waals surface area (Å²) in [5, 5.41) is 3.34. The van der Waals surface area contributed by atoms with E-state index in [1.807, 2.05) is 37.6 Å². The van der Waals surface area contributed by atoms with Gasteiger partial charge in [0.25, 0.3) is 0 Å². The number of hydrogen-bond acceptors (Lipinski definition) is 4. The molecule has 0 spiro atoms. The van der Waals surface area contributed by atoms with Crippen LogP contribution in [-0.2, 0) is 0 Å². The summed E-state index contributed by atoms with van der Waals surface area (Å²) >= 11 is 0. The van der Waals surface area contributed by atoms with Crippen LogP contribution in [0.4, 0.5) is 5.95 Å². The number of anilines is 1. The van der Waals surface area contributed by atoms with Gasteiger partial charge in [-0.1, -0.05) is 30.3 Å². The fourth-order valence-corrected chi connectivity index (χ4v) is 2.66. The molecule has 1 atom stereocenters. The van der Waals surface area contributed by atoms with E-state index in [1.54, 1.807) is 0 Å². The maximum Gasteiger partial charge on any atom is 0.225 e. The van der Waals surface area contributed by atoms with Crippen molar-refractivity contribution < 1.29 is 0 Å². The normalized spacial score (nSPS) is 19.1. The van der Waals surface area contributed by atoms with Crippen LogP contribution in [0.5, 0.6) is 0 Å². The molecule has 2 aromatic rings. The lowest BCUT2D eigenvalue weighted by atomic mass is 10.1. The SMILES string of the molecule is CNC1CCCN(c2ncc(-c3ccccc3)cn2)C1. The molecule has 0 bridgehead atoms. The average Bonchev–Trinajstić information content (AvgIpc) is 2.56. The first-order chi connectivity index (χ1) is 9.86. The van der Waals surface area contributed by atoms with Crippen molar-refractivity contribution in [3.8, 4) is 11.1 Å². The molecule has 1 saturated heterocycles. The molecule has 2 heterocycles. The first-order valence-corrected chi connectivity index (χ1v) is 7.16. The van der Waals surface area contributed by atoms with Crippen molar-refractivity contribution in [1.82, 2.24) is 15.3 Å². The minimum atomic E-state index is 0.543. The summed E-state index contributed by atoms with van der Waals surface area (Å²) in [4.78, 5) is 11.3. The molecule has 0 aliphatic carbocycles. The van der Waals surface area contributed by atoms with E-state index in [2.05, 4.69) is 32.3 Å². The Morgan fingerprint density at radius 3 is 2.55 bits per heavy atom. The number of aromatic nitrogens is 2. The standard InChI is InChI=1S/C16H20N4/c1-17-15-8-5-9-20(12-15)16-18-10-14(11-19-16)13-6-3-2-4-7-13/h2-4,6-7,10-11,15,17H,5,8-9,12H2,1H3. The van der Waals surface area contributed by atoms with Crippen molar-refractivity contribution >= 4 is 5.95 Å². The molecule has 1 aliphatic heterocycles. The van der Waals surface area contributed by atoms with Crippen LogP contribution in [0.25, 0.3) is 11.1 Å². The summed E-state index contributed by atoms with van der Waals surface area (Å²) in [7, 11) is 2.02. The van der Waals surface area contributed by atoms with Crippen molar-refractivity contribution in [3.05, 3.63) is 42.7 Å². The van der Waals surface area contributed by atoms with E-state index in [-0.39, 0.29) is 0 Å². The fraction of sp³-hybridized carbons (Fsp3) is 0.375. The number of rotatable bonds is 3. The summed E-state index contributed by atoms with van der Waals surface area (Å²) in [5.41, 5.74) is 2.22. The van der Waals surface area contributed by atoms with Crippen molar-refractivity contribution in [2.75, 3.05) is 25.0 Å². The van der Waals surface area contributed by atoms with Gasteiger partial charge in [0, 0.05) is 37.1 Å². The van der Waals surface area contributed by atoms with Crippen LogP contribution in [0, 0.1) is 0 Å². The fourth-order valence-electron chi connectivity index (χ4n) is 2.66. The molecule has 1 N–H and O–H groups in total. The molecule has 1 aromatic carbocycles. The summed E-state index contributed by atoms with van der Waals surface area (Å²) in [5.74, 6) is 0.838. The second kappa shape index (κ2) is 6.01. The van der Waals surface area contributed by atoms with Crippen LogP contribution in [0.1, 0.15) is 12.8 Å². The molecule has 104 valence electrons. The number of piperidine rings is 1. The van der Waals surface area contributed by atoms with E-state index < -0.39 is 0 Å². The largest absolute Gasteiger partial charge is 0.339 e. The lowest BCUT2D eigenvalue weighted by Crippen LogP contribution is -2.45. The molecule has 3 rings (SSSR count). The van der Waals surface area contributed by atoms with Crippen LogP contribution in [0.15, 0.2) is 42.7 Å². The Kier molecular flexibility index (Phi) is 3.92. The van der Waals surface area contributed by atoms with Gasteiger partial charge in [-0.25, -0.2) is 9.97 Å². The quantitative estimate of drug-likeness (QED) is 0.927. The lowest BCUT2D eigenvalue weighted by Gasteiger charge is -2.32. The predicted molar refractivity (Wildman–Crippen MR) is 81.8 cm³/mol. The van der Waals surface area contributed by atoms with Gasteiger partial charge in [-0.2, -0.15) is 0 Å². The van der Waals surface area contributed by atoms with Gasteiger partial charge in [-0.15, -0.1) is 0 Å². The summed E-state index contributed by atoms with van der Waals surface area (Å²) in [6.07, 6.45) is 6.26. The molecular weight excluding hydrogens is 248 g/mol. The zero-order chi connectivity index (χ0) is 13.8. The van der Waals surface area contributed by atoms with Crippen molar-refractivity contribution in [2.45, 2.75) is 18.9 Å². The van der Waals surface area contributed by atoms with Gasteiger partial charge in [0.05, 0.1) is 0 Å². The van der Waals surface area contributed by atoms with Crippen molar-refractivity contribution in [2.24, 2.45) is 0 Å². The Morgan fingerprint density at radius 2 is 1.85 bits per heavy atom. The Labute approximate surface area is 119 Å². The first kappa shape index (κ1) is 13.1. The van der Waals surface area contributed by atoms with E-state index in [0.29, 0.717) is 6.04 Å². The lowest BCUT2D eigenvalue weighted by molar-refractivity contribution is 0.445. The minimum Gasteiger partial charge on any atom is -0.339 e. The predicted octanol–water partition coefficient (Wildman–Crippen LogP) is 2.33. The van der Waals surface area contributed by atoms with E-state index >= 15 is 0 Å². The number of benzene rings is 1. The third-order valence-electron chi connectivity index (χ3n) is 3.86. The third-order valence-corrected chi connectivity index (χ3v) is 3.86. The zero-order valence-corrected chi connectivity index (χ0v) is 11.8. The molecule has 0 radical (unpaired) electrons. The van der Waals surface area contributed by atoms with Gasteiger partial charge in [0.15, 0.2) is 0 Å². The maximum absolute atomic E-state index is 4.53. The van der Waals surface area contributed by atoms with Gasteiger partial charge < -0.3 is 10.2 Å². The highest BCUT2D eigenvalue weighted by molar-refractivity contribution is 5.61. The third kappa shape index (κ3) is 2.80. The molecule has 20 heavy (non-hydrogen) atoms. The second-order valence-electron chi connectivity index (χ2n) is 5.21. The maximum atomic E-state index is 4.53. The van der Waals surface area contributed by atoms with Crippen LogP contribution in [0.3, 0.4) is 0 Å². The number of nitrogens with one attached hydrogen (secondary N) is 1. The molecule has 4 nitrogen and oxygen atoms in total. The van der Waals surface area contributed by atoms with Gasteiger partial charge in [0.1, 0.15) is 0 Å². The van der Waals surface area contributed by atoms with Gasteiger partial charge in [-0.05, 0) is 25.5 Å². The molecule has 1 fully saturated rings. The average molecular weight is 268 g/mol. The number of hydrogen-bond donors (Lipinski definition) is 1. The number of nitrogens with zero attached hydrogens (tertiary/aromatic N) is 3. The molecule has 4 heteroatoms. The molecule has 0 saturated carbocycles. The summed E-state index contributed by atoms with van der Waals surface area (Å²) < 4.78 is 0. The van der Waals surface area contributed by atoms with Crippen molar-refractivity contribution in [1.29, 1.82) is 0 Å². The van der Waals surface area contributed by atoms with Crippen LogP contribution >= 0.6 is 0 Å². The first-order valence-electron chi connectivity index (χ1n) is 7.16. The van der Waals surface area contributed by atoms with Crippen LogP contribution in [0.2, 0.25) is 0 Å². The second-order valence-corrected chi connectivity index (χ2v) is 5.21. The van der Waals surface area contributed by atoms with Gasteiger partial charge in [0.2, 0.25) is 5.95 Å². The van der Waals surface area contributed by atoms with Crippen LogP contribution < -0.4 is 10.2 Å². The molecule has 1 unspecified atom stereocenters. The van der Waals surface area contributed by atoms with E-state index in [1.165, 1.54) is 12.8 Å².